The second kappa shape index (κ2) is 9.25. The number of alkyl halides is 1. The van der Waals surface area contributed by atoms with Crippen molar-refractivity contribution in [1.82, 2.24) is 25.8 Å². The highest BCUT2D eigenvalue weighted by Gasteiger charge is 2.29. The van der Waals surface area contributed by atoms with Crippen molar-refractivity contribution in [1.29, 1.82) is 5.41 Å². The third-order valence-electron chi connectivity index (χ3n) is 5.50. The Hall–Kier alpha value is -3.62. The van der Waals surface area contributed by atoms with Crippen LogP contribution in [0.25, 0.3) is 0 Å². The van der Waals surface area contributed by atoms with Crippen LogP contribution in [0.15, 0.2) is 65.6 Å². The fourth-order valence-corrected chi connectivity index (χ4v) is 3.93. The lowest BCUT2D eigenvalue weighted by Crippen LogP contribution is -2.41. The number of pyridine rings is 1. The van der Waals surface area contributed by atoms with Gasteiger partial charge in [0.15, 0.2) is 6.23 Å². The predicted octanol–water partition coefficient (Wildman–Crippen LogP) is 2.30. The first-order chi connectivity index (χ1) is 15.4. The quantitative estimate of drug-likeness (QED) is 0.563. The average molecular weight is 439 g/mol. The molecule has 3 aliphatic rings. The molecule has 2 aliphatic heterocycles. The van der Waals surface area contributed by atoms with Crippen molar-refractivity contribution < 1.29 is 13.9 Å². The van der Waals surface area contributed by atoms with Crippen LogP contribution >= 0.6 is 0 Å². The van der Waals surface area contributed by atoms with E-state index in [-0.39, 0.29) is 18.1 Å². The molecule has 32 heavy (non-hydrogen) atoms. The van der Waals surface area contributed by atoms with Gasteiger partial charge in [0.25, 0.3) is 5.91 Å². The molecular formula is C23H27FN6O2. The molecule has 1 amide bonds. The first-order valence-electron chi connectivity index (χ1n) is 10.6. The number of nitrogens with zero attached hydrogens (tertiary/aromatic N) is 2. The molecule has 0 aromatic carbocycles. The summed E-state index contributed by atoms with van der Waals surface area (Å²) in [6.45, 7) is 2.80. The number of halogens is 1. The lowest BCUT2D eigenvalue weighted by molar-refractivity contribution is -0.117. The molecular weight excluding hydrogens is 411 g/mol. The van der Waals surface area contributed by atoms with Crippen LogP contribution in [-0.2, 0) is 9.53 Å². The second-order valence-corrected chi connectivity index (χ2v) is 7.95. The van der Waals surface area contributed by atoms with Crippen LogP contribution in [0.4, 0.5) is 4.39 Å². The maximum atomic E-state index is 14.1. The van der Waals surface area contributed by atoms with Crippen molar-refractivity contribution in [2.24, 2.45) is 0 Å². The van der Waals surface area contributed by atoms with Gasteiger partial charge in [0.1, 0.15) is 18.1 Å². The summed E-state index contributed by atoms with van der Waals surface area (Å²) in [6, 6.07) is 3.72. The molecule has 168 valence electrons. The first kappa shape index (κ1) is 21.6. The number of likely N-dealkylation sites (tertiary alicyclic amines) is 1. The molecule has 1 aromatic rings. The van der Waals surface area contributed by atoms with Crippen LogP contribution in [0.5, 0.6) is 0 Å². The number of piperidine rings is 1. The summed E-state index contributed by atoms with van der Waals surface area (Å²) in [7, 11) is 1.75. The topological polar surface area (TPSA) is 102 Å². The molecule has 0 saturated carbocycles. The lowest BCUT2D eigenvalue weighted by atomic mass is 9.99. The van der Waals surface area contributed by atoms with Crippen molar-refractivity contribution in [2.45, 2.75) is 32.2 Å². The Morgan fingerprint density at radius 1 is 1.44 bits per heavy atom. The van der Waals surface area contributed by atoms with Crippen molar-refractivity contribution >= 4 is 11.6 Å². The molecule has 1 saturated heterocycles. The summed E-state index contributed by atoms with van der Waals surface area (Å²) in [5.41, 5.74) is 4.08. The van der Waals surface area contributed by atoms with Crippen LogP contribution in [0.1, 0.15) is 30.3 Å². The normalized spacial score (nSPS) is 24.2. The minimum absolute atomic E-state index is 0.241. The van der Waals surface area contributed by atoms with Crippen molar-refractivity contribution in [3.8, 4) is 0 Å². The molecule has 0 radical (unpaired) electrons. The summed E-state index contributed by atoms with van der Waals surface area (Å²) in [5.74, 6) is -0.374. The van der Waals surface area contributed by atoms with Crippen molar-refractivity contribution in [3.05, 3.63) is 76.9 Å². The predicted molar refractivity (Wildman–Crippen MR) is 119 cm³/mol. The monoisotopic (exact) mass is 438 g/mol. The molecule has 4 rings (SSSR count). The number of nitrogens with one attached hydrogen (secondary N) is 4. The van der Waals surface area contributed by atoms with Crippen LogP contribution < -0.4 is 16.0 Å². The zero-order valence-corrected chi connectivity index (χ0v) is 18.1. The number of hydrogen-bond acceptors (Lipinski definition) is 7. The molecule has 8 nitrogen and oxygen atoms in total. The Balaban J connectivity index is 1.51. The largest absolute Gasteiger partial charge is 0.472 e. The van der Waals surface area contributed by atoms with Gasteiger partial charge in [-0.3, -0.25) is 9.78 Å². The lowest BCUT2D eigenvalue weighted by Gasteiger charge is -2.35. The number of rotatable bonds is 5. The number of allylic oxidation sites excluding steroid dienone is 3. The summed E-state index contributed by atoms with van der Waals surface area (Å²) in [6.07, 6.45) is 8.03. The highest BCUT2D eigenvalue weighted by atomic mass is 19.1. The average Bonchev–Trinajstić information content (AvgIpc) is 3.26. The molecule has 1 aliphatic carbocycles. The van der Waals surface area contributed by atoms with Crippen LogP contribution in [0.3, 0.4) is 0 Å². The molecule has 0 spiro atoms. The van der Waals surface area contributed by atoms with Crippen LogP contribution in [0.2, 0.25) is 0 Å². The molecule has 2 unspecified atom stereocenters. The molecule has 9 heteroatoms. The van der Waals surface area contributed by atoms with E-state index in [2.05, 4.69) is 20.9 Å². The van der Waals surface area contributed by atoms with E-state index in [1.54, 1.807) is 31.6 Å². The van der Waals surface area contributed by atoms with E-state index in [1.807, 2.05) is 24.0 Å². The molecule has 1 fully saturated rings. The van der Waals surface area contributed by atoms with Gasteiger partial charge >= 0.3 is 0 Å². The third-order valence-corrected chi connectivity index (χ3v) is 5.50. The second-order valence-electron chi connectivity index (χ2n) is 7.95. The van der Waals surface area contributed by atoms with Gasteiger partial charge in [-0.2, -0.15) is 0 Å². The number of ether oxygens (including phenoxy) is 1. The SMILES string of the molecule is CN/C=C1/C=C(NC(=O)C2=COC(c3ccnc(C)c3)N2)C(N2CCCC(F)C2)=CC1=N. The Bertz CT molecular complexity index is 1040. The van der Waals surface area contributed by atoms with E-state index in [0.717, 1.165) is 17.7 Å². The summed E-state index contributed by atoms with van der Waals surface area (Å²) >= 11 is 0. The number of amides is 1. The Morgan fingerprint density at radius 3 is 3.03 bits per heavy atom. The number of hydrogen-bond donors (Lipinski definition) is 4. The number of aromatic nitrogens is 1. The van der Waals surface area contributed by atoms with Gasteiger partial charge in [0, 0.05) is 49.4 Å². The van der Waals surface area contributed by atoms with Crippen LogP contribution in [0, 0.1) is 12.3 Å². The zero-order chi connectivity index (χ0) is 22.7. The number of aryl methyl sites for hydroxylation is 1. The standard InChI is InChI=1S/C23H27FN6O2/c1-14-8-15(5-6-27-14)23-29-20(13-32-23)22(31)28-19-9-16(11-26-2)18(25)10-21(19)30-7-3-4-17(24)12-30/h5-6,8-11,13,17,23,25-26,29H,3-4,7,12H2,1-2H3,(H,28,31)/b16-11-,25-18?. The summed E-state index contributed by atoms with van der Waals surface area (Å²) < 4.78 is 19.7. The minimum Gasteiger partial charge on any atom is -0.472 e. The maximum Gasteiger partial charge on any atom is 0.275 e. The van der Waals surface area contributed by atoms with E-state index in [4.69, 9.17) is 10.1 Å². The van der Waals surface area contributed by atoms with Crippen molar-refractivity contribution in [2.75, 3.05) is 20.1 Å². The smallest absolute Gasteiger partial charge is 0.275 e. The van der Waals surface area contributed by atoms with Gasteiger partial charge in [-0.05, 0) is 44.1 Å². The molecule has 4 N–H and O–H groups in total. The number of carbonyl (C=O) groups is 1. The number of carbonyl (C=O) groups excluding carboxylic acids is 1. The van der Waals surface area contributed by atoms with E-state index < -0.39 is 12.4 Å². The summed E-state index contributed by atoms with van der Waals surface area (Å²) in [4.78, 5) is 19.1. The van der Waals surface area contributed by atoms with E-state index in [9.17, 15) is 9.18 Å². The van der Waals surface area contributed by atoms with Gasteiger partial charge in [-0.1, -0.05) is 0 Å². The fourth-order valence-electron chi connectivity index (χ4n) is 3.93. The third kappa shape index (κ3) is 4.66. The van der Waals surface area contributed by atoms with Gasteiger partial charge < -0.3 is 31.0 Å². The molecule has 0 bridgehead atoms. The summed E-state index contributed by atoms with van der Waals surface area (Å²) in [5, 5.41) is 17.2. The molecule has 3 heterocycles. The Morgan fingerprint density at radius 2 is 2.28 bits per heavy atom. The highest BCUT2D eigenvalue weighted by Crippen LogP contribution is 2.27. The van der Waals surface area contributed by atoms with Crippen molar-refractivity contribution in [3.63, 3.8) is 0 Å². The van der Waals surface area contributed by atoms with Crippen LogP contribution in [-0.4, -0.2) is 47.8 Å². The maximum absolute atomic E-state index is 14.1. The van der Waals surface area contributed by atoms with Gasteiger partial charge in [-0.15, -0.1) is 0 Å². The minimum atomic E-state index is -0.929. The fraction of sp³-hybridized carbons (Fsp3) is 0.348. The van der Waals surface area contributed by atoms with Gasteiger partial charge in [0.2, 0.25) is 0 Å². The van der Waals surface area contributed by atoms with Gasteiger partial charge in [-0.25, -0.2) is 4.39 Å². The molecule has 2 atom stereocenters. The van der Waals surface area contributed by atoms with E-state index in [1.165, 1.54) is 6.26 Å². The van der Waals surface area contributed by atoms with Gasteiger partial charge in [0.05, 0.1) is 17.1 Å². The zero-order valence-electron chi connectivity index (χ0n) is 18.1. The first-order valence-corrected chi connectivity index (χ1v) is 10.6. The van der Waals surface area contributed by atoms with E-state index >= 15 is 0 Å². The Labute approximate surface area is 186 Å². The van der Waals surface area contributed by atoms with E-state index in [0.29, 0.717) is 35.6 Å². The Kier molecular flexibility index (Phi) is 6.25. The molecule has 1 aromatic heterocycles. The highest BCUT2D eigenvalue weighted by molar-refractivity contribution is 6.10.